The lowest BCUT2D eigenvalue weighted by atomic mass is 10.3. The van der Waals surface area contributed by atoms with Crippen molar-refractivity contribution in [1.29, 1.82) is 0 Å². The smallest absolute Gasteiger partial charge is 0.137 e. The quantitative estimate of drug-likeness (QED) is 0.500. The average molecular weight is 388 g/mol. The molecule has 6 nitrogen and oxygen atoms in total. The highest BCUT2D eigenvalue weighted by atomic mass is 35.5. The molecule has 0 saturated heterocycles. The normalized spacial score (nSPS) is 10.4. The summed E-state index contributed by atoms with van der Waals surface area (Å²) in [5.74, 6) is 1.97. The van der Waals surface area contributed by atoms with Gasteiger partial charge >= 0.3 is 0 Å². The topological polar surface area (TPSA) is 71.1 Å². The third-order valence-electron chi connectivity index (χ3n) is 3.42. The lowest BCUT2D eigenvalue weighted by molar-refractivity contribution is 0.415. The molecule has 0 bridgehead atoms. The highest BCUT2D eigenvalue weighted by Crippen LogP contribution is 2.29. The van der Waals surface area contributed by atoms with Crippen LogP contribution in [0, 0.1) is 0 Å². The second-order valence-electron chi connectivity index (χ2n) is 5.22. The van der Waals surface area contributed by atoms with E-state index >= 15 is 0 Å². The zero-order chi connectivity index (χ0) is 18.4. The number of benzene rings is 2. The van der Waals surface area contributed by atoms with E-state index < -0.39 is 0 Å². The standard InChI is InChI=1S/C18H18ClN5OS/c1-20-26-14-5-3-4-12(8-14)23-17-10-18(22-11-21-17)24-13-6-7-16(25-2)15(19)9-13/h3-11,20H,1-2H3,(H2,21,22,23,24). The van der Waals surface area contributed by atoms with Crippen molar-refractivity contribution in [1.82, 2.24) is 14.7 Å². The molecule has 0 saturated carbocycles. The van der Waals surface area contributed by atoms with Gasteiger partial charge in [0.15, 0.2) is 0 Å². The SMILES string of the molecule is CNSc1cccc(Nc2cc(Nc3ccc(OC)c(Cl)c3)ncn2)c1. The first-order chi connectivity index (χ1) is 12.7. The van der Waals surface area contributed by atoms with E-state index in [0.717, 1.165) is 16.3 Å². The summed E-state index contributed by atoms with van der Waals surface area (Å²) in [6, 6.07) is 15.3. The van der Waals surface area contributed by atoms with E-state index in [4.69, 9.17) is 16.3 Å². The Kier molecular flexibility index (Phi) is 6.17. The predicted octanol–water partition coefficient (Wildman–Crippen LogP) is 4.85. The molecule has 0 fully saturated rings. The number of hydrogen-bond acceptors (Lipinski definition) is 7. The molecule has 0 aliphatic carbocycles. The number of rotatable bonds is 7. The van der Waals surface area contributed by atoms with Crippen LogP contribution in [0.1, 0.15) is 0 Å². The minimum atomic E-state index is 0.531. The minimum absolute atomic E-state index is 0.531. The maximum atomic E-state index is 6.16. The number of aromatic nitrogens is 2. The van der Waals surface area contributed by atoms with E-state index in [9.17, 15) is 0 Å². The average Bonchev–Trinajstić information content (AvgIpc) is 2.63. The van der Waals surface area contributed by atoms with Gasteiger partial charge < -0.3 is 15.4 Å². The highest BCUT2D eigenvalue weighted by Gasteiger charge is 2.05. The van der Waals surface area contributed by atoms with Crippen molar-refractivity contribution >= 4 is 46.6 Å². The number of nitrogens with one attached hydrogen (secondary N) is 3. The number of nitrogens with zero attached hydrogens (tertiary/aromatic N) is 2. The third kappa shape index (κ3) is 4.78. The van der Waals surface area contributed by atoms with Crippen molar-refractivity contribution in [3.63, 3.8) is 0 Å². The lowest BCUT2D eigenvalue weighted by Gasteiger charge is -2.10. The fourth-order valence-electron chi connectivity index (χ4n) is 2.29. The number of ether oxygens (including phenoxy) is 1. The van der Waals surface area contributed by atoms with Crippen LogP contribution in [0.5, 0.6) is 5.75 Å². The zero-order valence-electron chi connectivity index (χ0n) is 14.3. The van der Waals surface area contributed by atoms with Gasteiger partial charge in [0.25, 0.3) is 0 Å². The van der Waals surface area contributed by atoms with Crippen LogP contribution in [0.4, 0.5) is 23.0 Å². The first-order valence-corrected chi connectivity index (χ1v) is 9.00. The van der Waals surface area contributed by atoms with Gasteiger partial charge in [-0.2, -0.15) is 0 Å². The second kappa shape index (κ2) is 8.75. The van der Waals surface area contributed by atoms with Gasteiger partial charge in [-0.3, -0.25) is 4.72 Å². The molecule has 1 heterocycles. The molecule has 0 spiro atoms. The molecule has 0 amide bonds. The van der Waals surface area contributed by atoms with Crippen molar-refractivity contribution in [3.8, 4) is 5.75 Å². The van der Waals surface area contributed by atoms with Crippen LogP contribution in [0.2, 0.25) is 5.02 Å². The summed E-state index contributed by atoms with van der Waals surface area (Å²) in [4.78, 5) is 9.62. The van der Waals surface area contributed by atoms with Crippen molar-refractivity contribution in [2.75, 3.05) is 24.8 Å². The van der Waals surface area contributed by atoms with Crippen LogP contribution in [-0.2, 0) is 0 Å². The summed E-state index contributed by atoms with van der Waals surface area (Å²) in [5.41, 5.74) is 1.76. The van der Waals surface area contributed by atoms with E-state index in [1.165, 1.54) is 6.33 Å². The van der Waals surface area contributed by atoms with Gasteiger partial charge in [0.2, 0.25) is 0 Å². The Hall–Kier alpha value is -2.48. The Bertz CT molecular complexity index is 893. The molecule has 3 N–H and O–H groups in total. The Morgan fingerprint density at radius 3 is 2.35 bits per heavy atom. The van der Waals surface area contributed by atoms with E-state index in [1.807, 2.05) is 43.4 Å². The van der Waals surface area contributed by atoms with Gasteiger partial charge in [0, 0.05) is 22.3 Å². The molecule has 0 unspecified atom stereocenters. The summed E-state index contributed by atoms with van der Waals surface area (Å²) in [6.45, 7) is 0. The van der Waals surface area contributed by atoms with Crippen molar-refractivity contribution in [2.24, 2.45) is 0 Å². The van der Waals surface area contributed by atoms with Crippen molar-refractivity contribution in [3.05, 3.63) is 59.9 Å². The number of halogens is 1. The first-order valence-electron chi connectivity index (χ1n) is 7.81. The number of methoxy groups -OCH3 is 1. The molecule has 3 aromatic rings. The molecule has 0 aliphatic rings. The molecule has 0 aliphatic heterocycles. The van der Waals surface area contributed by atoms with Gasteiger partial charge in [0.05, 0.1) is 12.1 Å². The maximum Gasteiger partial charge on any atom is 0.137 e. The Balaban J connectivity index is 1.74. The number of hydrogen-bond donors (Lipinski definition) is 3. The van der Waals surface area contributed by atoms with Crippen LogP contribution in [0.15, 0.2) is 59.8 Å². The fourth-order valence-corrected chi connectivity index (χ4v) is 3.12. The van der Waals surface area contributed by atoms with E-state index in [1.54, 1.807) is 31.2 Å². The minimum Gasteiger partial charge on any atom is -0.495 e. The molecule has 3 rings (SSSR count). The van der Waals surface area contributed by atoms with Crippen molar-refractivity contribution in [2.45, 2.75) is 4.90 Å². The fraction of sp³-hybridized carbons (Fsp3) is 0.111. The molecule has 26 heavy (non-hydrogen) atoms. The van der Waals surface area contributed by atoms with Crippen LogP contribution in [0.3, 0.4) is 0 Å². The summed E-state index contributed by atoms with van der Waals surface area (Å²) in [6.07, 6.45) is 1.50. The molecule has 0 radical (unpaired) electrons. The molecular formula is C18H18ClN5OS. The molecule has 134 valence electrons. The summed E-state index contributed by atoms with van der Waals surface area (Å²) < 4.78 is 8.22. The molecule has 1 aromatic heterocycles. The molecule has 0 atom stereocenters. The van der Waals surface area contributed by atoms with Crippen molar-refractivity contribution < 1.29 is 4.74 Å². The molecule has 8 heteroatoms. The van der Waals surface area contributed by atoms with E-state index in [2.05, 4.69) is 25.3 Å². The Labute approximate surface area is 161 Å². The van der Waals surface area contributed by atoms with E-state index in [0.29, 0.717) is 22.4 Å². The predicted molar refractivity (Wildman–Crippen MR) is 108 cm³/mol. The second-order valence-corrected chi connectivity index (χ2v) is 6.71. The van der Waals surface area contributed by atoms with E-state index in [-0.39, 0.29) is 0 Å². The highest BCUT2D eigenvalue weighted by molar-refractivity contribution is 7.97. The zero-order valence-corrected chi connectivity index (χ0v) is 15.9. The van der Waals surface area contributed by atoms with Crippen LogP contribution >= 0.6 is 23.5 Å². The number of anilines is 4. The summed E-state index contributed by atoms with van der Waals surface area (Å²) in [7, 11) is 3.47. The van der Waals surface area contributed by atoms with Gasteiger partial charge in [-0.25, -0.2) is 9.97 Å². The Morgan fingerprint density at radius 1 is 0.962 bits per heavy atom. The van der Waals surface area contributed by atoms with Crippen LogP contribution in [-0.4, -0.2) is 24.1 Å². The summed E-state index contributed by atoms with van der Waals surface area (Å²) in [5, 5.41) is 7.02. The van der Waals surface area contributed by atoms with Gasteiger partial charge in [-0.15, -0.1) is 0 Å². The Morgan fingerprint density at radius 2 is 1.69 bits per heavy atom. The molecule has 2 aromatic carbocycles. The first kappa shape index (κ1) is 18.3. The van der Waals surface area contributed by atoms with Gasteiger partial charge in [-0.1, -0.05) is 17.7 Å². The van der Waals surface area contributed by atoms with Crippen LogP contribution < -0.4 is 20.1 Å². The van der Waals surface area contributed by atoms with Gasteiger partial charge in [0.1, 0.15) is 23.7 Å². The summed E-state index contributed by atoms with van der Waals surface area (Å²) >= 11 is 7.71. The van der Waals surface area contributed by atoms with Gasteiger partial charge in [-0.05, 0) is 55.4 Å². The third-order valence-corrected chi connectivity index (χ3v) is 4.41. The monoisotopic (exact) mass is 387 g/mol. The maximum absolute atomic E-state index is 6.16. The largest absolute Gasteiger partial charge is 0.495 e. The van der Waals surface area contributed by atoms with Crippen LogP contribution in [0.25, 0.3) is 0 Å². The molecular weight excluding hydrogens is 370 g/mol. The lowest BCUT2D eigenvalue weighted by Crippen LogP contribution is -1.99.